The van der Waals surface area contributed by atoms with Crippen LogP contribution in [0.2, 0.25) is 0 Å². The van der Waals surface area contributed by atoms with Crippen LogP contribution in [0, 0.1) is 72.4 Å². The number of rotatable bonds is 10. The van der Waals surface area contributed by atoms with Crippen LogP contribution in [0.25, 0.3) is 0 Å². The minimum atomic E-state index is -0.598. The van der Waals surface area contributed by atoms with Gasteiger partial charge in [0, 0.05) is 22.2 Å². The number of carbonyl (C=O) groups is 5. The van der Waals surface area contributed by atoms with Crippen LogP contribution in [-0.2, 0) is 24.0 Å². The summed E-state index contributed by atoms with van der Waals surface area (Å²) in [7, 11) is 0. The molecule has 6 heteroatoms. The van der Waals surface area contributed by atoms with Gasteiger partial charge in [0.25, 0.3) is 0 Å². The first-order valence-electron chi connectivity index (χ1n) is 24.7. The summed E-state index contributed by atoms with van der Waals surface area (Å²) < 4.78 is 0. The molecule has 3 rings (SSSR count). The third kappa shape index (κ3) is 22.9. The Bertz CT molecular complexity index is 1390. The molecule has 63 heavy (non-hydrogen) atoms. The van der Waals surface area contributed by atoms with Gasteiger partial charge in [0.2, 0.25) is 0 Å². The summed E-state index contributed by atoms with van der Waals surface area (Å²) in [4.78, 5) is 56.7. The molecule has 3 aliphatic rings. The van der Waals surface area contributed by atoms with Gasteiger partial charge in [0.1, 0.15) is 23.1 Å². The highest BCUT2D eigenvalue weighted by atomic mass is 16.4. The number of Topliss-reactive ketones (excluding diaryl/α,β-unsaturated/α-hetero) is 4. The molecule has 0 saturated heterocycles. The second-order valence-electron chi connectivity index (χ2n) is 27.2. The molecule has 0 spiro atoms. The maximum atomic E-state index is 11.6. The van der Waals surface area contributed by atoms with E-state index in [1.54, 1.807) is 27.7 Å². The number of hydrogen-bond donors (Lipinski definition) is 1. The van der Waals surface area contributed by atoms with Crippen LogP contribution in [0.1, 0.15) is 264 Å². The molecule has 6 nitrogen and oxygen atoms in total. The Labute approximate surface area is 393 Å². The maximum Gasteiger partial charge on any atom is 0.306 e. The van der Waals surface area contributed by atoms with Crippen molar-refractivity contribution in [2.75, 3.05) is 0 Å². The highest BCUT2D eigenvalue weighted by molar-refractivity contribution is 5.84. The molecule has 0 aromatic carbocycles. The lowest BCUT2D eigenvalue weighted by molar-refractivity contribution is -0.147. The smallest absolute Gasteiger partial charge is 0.306 e. The number of ketones is 4. The second kappa shape index (κ2) is 24.8. The van der Waals surface area contributed by atoms with Crippen molar-refractivity contribution >= 4 is 29.1 Å². The van der Waals surface area contributed by atoms with Gasteiger partial charge in [-0.1, -0.05) is 179 Å². The highest BCUT2D eigenvalue weighted by Crippen LogP contribution is 2.65. The lowest BCUT2D eigenvalue weighted by atomic mass is 9.66. The number of carbonyl (C=O) groups excluding carboxylic acids is 4. The van der Waals surface area contributed by atoms with Crippen molar-refractivity contribution in [2.24, 2.45) is 72.4 Å². The van der Waals surface area contributed by atoms with E-state index in [9.17, 15) is 24.0 Å². The number of hydrogen-bond acceptors (Lipinski definition) is 5. The Balaban J connectivity index is -0.000000713. The van der Waals surface area contributed by atoms with Crippen LogP contribution in [-0.4, -0.2) is 34.2 Å². The van der Waals surface area contributed by atoms with Crippen molar-refractivity contribution in [3.8, 4) is 0 Å². The minimum absolute atomic E-state index is 0. The molecule has 4 unspecified atom stereocenters. The molecule has 0 aromatic rings. The molecule has 0 amide bonds. The average molecular weight is 892 g/mol. The molecule has 3 fully saturated rings. The average Bonchev–Trinajstić information content (AvgIpc) is 3.38. The van der Waals surface area contributed by atoms with Crippen LogP contribution < -0.4 is 0 Å². The zero-order valence-corrected chi connectivity index (χ0v) is 46.0. The summed E-state index contributed by atoms with van der Waals surface area (Å²) in [6.45, 7) is 52.5. The standard InChI is InChI=1S/C12H22O.C12H24O.C11H20O2.C11H20O.C10H20O.CH4/c1-10(13)12(7-5-6-8-12)9-11(2,3)4;1-7-12(8-2,10(3)13)9-11(4,5)6;1-11(2,3)9-7-5-4-6-8(9)10(12)13;1-7(12)8-9(10(2,3)4)11(8,5)6;1-8(11)10(5,6)7-9(2,3)4;/h5-9H2,1-4H3;7-9H2,1-6H3;8-9H,4-7H2,1-3H3,(H,12,13);8-9H,1-6H3;7H2,1-6H3;1H4. The monoisotopic (exact) mass is 891 g/mol. The van der Waals surface area contributed by atoms with Crippen LogP contribution in [0.3, 0.4) is 0 Å². The summed E-state index contributed by atoms with van der Waals surface area (Å²) in [5.74, 6) is 1.95. The van der Waals surface area contributed by atoms with Gasteiger partial charge in [0.15, 0.2) is 0 Å². The molecular weight excluding hydrogens is 781 g/mol. The summed E-state index contributed by atoms with van der Waals surface area (Å²) >= 11 is 0. The third-order valence-corrected chi connectivity index (χ3v) is 14.5. The van der Waals surface area contributed by atoms with Crippen molar-refractivity contribution < 1.29 is 29.1 Å². The SMILES string of the molecule is C.CC(=O)C(C)(C)CC(C)(C)C.CC(=O)C1(CC(C)(C)C)CCCC1.CC(=O)C1C(C(C)(C)C)C1(C)C.CC(C)(C)C1CCCCC1C(=O)O.CCC(CC)(CC(C)(C)C)C(C)=O. The first-order valence-corrected chi connectivity index (χ1v) is 24.7. The van der Waals surface area contributed by atoms with Gasteiger partial charge in [-0.2, -0.15) is 0 Å². The van der Waals surface area contributed by atoms with Gasteiger partial charge in [-0.3, -0.25) is 24.0 Å². The zero-order chi connectivity index (χ0) is 49.9. The van der Waals surface area contributed by atoms with Crippen molar-refractivity contribution in [3.05, 3.63) is 0 Å². The van der Waals surface area contributed by atoms with Crippen LogP contribution in [0.5, 0.6) is 0 Å². The van der Waals surface area contributed by atoms with Gasteiger partial charge in [-0.15, -0.1) is 0 Å². The first-order chi connectivity index (χ1) is 27.4. The quantitative estimate of drug-likeness (QED) is 0.234. The Morgan fingerprint density at radius 1 is 0.571 bits per heavy atom. The molecular formula is C57H110O6. The normalized spacial score (nSPS) is 22.0. The van der Waals surface area contributed by atoms with E-state index in [4.69, 9.17) is 5.11 Å². The summed E-state index contributed by atoms with van der Waals surface area (Å²) in [6.07, 6.45) is 13.9. The summed E-state index contributed by atoms with van der Waals surface area (Å²) in [5, 5.41) is 9.07. The number of carboxylic acids is 1. The molecule has 1 N–H and O–H groups in total. The van der Waals surface area contributed by atoms with E-state index >= 15 is 0 Å². The largest absolute Gasteiger partial charge is 0.481 e. The Morgan fingerprint density at radius 3 is 1.17 bits per heavy atom. The predicted octanol–water partition coefficient (Wildman–Crippen LogP) is 16.9. The highest BCUT2D eigenvalue weighted by Gasteiger charge is 2.64. The van der Waals surface area contributed by atoms with Crippen molar-refractivity contribution in [3.63, 3.8) is 0 Å². The fourth-order valence-electron chi connectivity index (χ4n) is 11.8. The molecule has 3 saturated carbocycles. The molecule has 4 atom stereocenters. The van der Waals surface area contributed by atoms with Gasteiger partial charge in [0.05, 0.1) is 5.92 Å². The van der Waals surface area contributed by atoms with Crippen molar-refractivity contribution in [2.45, 2.75) is 264 Å². The van der Waals surface area contributed by atoms with Crippen LogP contribution in [0.15, 0.2) is 0 Å². The van der Waals surface area contributed by atoms with Gasteiger partial charge in [-0.05, 0) is 130 Å². The van der Waals surface area contributed by atoms with E-state index in [0.717, 1.165) is 64.2 Å². The molecule has 3 aliphatic carbocycles. The molecule has 0 aromatic heterocycles. The van der Waals surface area contributed by atoms with Crippen molar-refractivity contribution in [1.82, 2.24) is 0 Å². The Kier molecular flexibility index (Phi) is 25.7. The lowest BCUT2D eigenvalue weighted by Crippen LogP contribution is -2.35. The van der Waals surface area contributed by atoms with Crippen LogP contribution in [0.4, 0.5) is 0 Å². The molecule has 0 bridgehead atoms. The maximum absolute atomic E-state index is 11.6. The van der Waals surface area contributed by atoms with Gasteiger partial charge < -0.3 is 5.11 Å². The molecule has 0 radical (unpaired) electrons. The zero-order valence-electron chi connectivity index (χ0n) is 46.0. The van der Waals surface area contributed by atoms with Crippen molar-refractivity contribution in [1.29, 1.82) is 0 Å². The molecule has 0 heterocycles. The van der Waals surface area contributed by atoms with Gasteiger partial charge in [-0.25, -0.2) is 0 Å². The fraction of sp³-hybridized carbons (Fsp3) is 0.912. The van der Waals surface area contributed by atoms with E-state index in [-0.39, 0.29) is 67.9 Å². The summed E-state index contributed by atoms with van der Waals surface area (Å²) in [6, 6.07) is 0. The third-order valence-electron chi connectivity index (χ3n) is 14.5. The number of carboxylic acid groups (broad SMARTS) is 1. The second-order valence-corrected chi connectivity index (χ2v) is 27.2. The Hall–Kier alpha value is -1.85. The lowest BCUT2D eigenvalue weighted by Gasteiger charge is -2.38. The Morgan fingerprint density at radius 2 is 0.984 bits per heavy atom. The summed E-state index contributed by atoms with van der Waals surface area (Å²) in [5.41, 5.74) is 1.25. The fourth-order valence-corrected chi connectivity index (χ4v) is 11.8. The first kappa shape index (κ1) is 65.4. The van der Waals surface area contributed by atoms with E-state index in [1.165, 1.54) is 19.3 Å². The van der Waals surface area contributed by atoms with E-state index in [0.29, 0.717) is 35.1 Å². The van der Waals surface area contributed by atoms with E-state index in [2.05, 4.69) is 132 Å². The topological polar surface area (TPSA) is 106 Å². The van der Waals surface area contributed by atoms with E-state index in [1.807, 2.05) is 13.8 Å². The molecule has 0 aliphatic heterocycles. The minimum Gasteiger partial charge on any atom is -0.481 e. The van der Waals surface area contributed by atoms with Gasteiger partial charge >= 0.3 is 5.97 Å². The predicted molar refractivity (Wildman–Crippen MR) is 272 cm³/mol. The van der Waals surface area contributed by atoms with Crippen LogP contribution >= 0.6 is 0 Å². The molecule has 374 valence electrons. The van der Waals surface area contributed by atoms with E-state index < -0.39 is 5.97 Å². The number of aliphatic carboxylic acids is 1.